The van der Waals surface area contributed by atoms with Gasteiger partial charge in [-0.05, 0) is 0 Å². The monoisotopic (exact) mass is 127 g/mol. The first-order valence-electron chi connectivity index (χ1n) is 3.63. The van der Waals surface area contributed by atoms with E-state index >= 15 is 0 Å². The van der Waals surface area contributed by atoms with Crippen LogP contribution >= 0.6 is 0 Å². The number of hydrogen-bond acceptors (Lipinski definition) is 0. The van der Waals surface area contributed by atoms with E-state index in [1.807, 2.05) is 42.7 Å². The molecular weight excluding hydrogens is 121 g/mol. The molecule has 0 aromatic carbocycles. The SMILES string of the molecule is [B][B][B][B]C[B][B][B][B]C[B]. The summed E-state index contributed by atoms with van der Waals surface area (Å²) in [5, 5.41) is 0. The van der Waals surface area contributed by atoms with Gasteiger partial charge >= 0.3 is 0 Å². The largest absolute Gasteiger partial charge is 0.122 e. The van der Waals surface area contributed by atoms with Crippen molar-refractivity contribution in [3.63, 3.8) is 0 Å². The van der Waals surface area contributed by atoms with Gasteiger partial charge in [0.1, 0.15) is 0 Å². The first-order valence-corrected chi connectivity index (χ1v) is 3.63. The maximum absolute atomic E-state index is 5.23. The molecule has 0 rings (SSSR count). The van der Waals surface area contributed by atoms with Crippen molar-refractivity contribution in [2.75, 3.05) is 0 Å². The summed E-state index contributed by atoms with van der Waals surface area (Å²) in [6.45, 7) is 0. The minimum absolute atomic E-state index is 0.594. The van der Waals surface area contributed by atoms with E-state index < -0.39 is 0 Å². The Kier molecular flexibility index (Phi) is 11.1. The second kappa shape index (κ2) is 10.6. The fourth-order valence-corrected chi connectivity index (χ4v) is 0.550. The first kappa shape index (κ1) is 11.6. The molecule has 0 aliphatic carbocycles. The molecule has 0 N–H and O–H groups in total. The standard InChI is InChI=1S/C2H4B9/c3-1-5-10-11-7-2-6-9-8-4/h1-2H2. The Morgan fingerprint density at radius 2 is 1.55 bits per heavy atom. The van der Waals surface area contributed by atoms with E-state index in [0.29, 0.717) is 6.22 Å². The van der Waals surface area contributed by atoms with Crippen molar-refractivity contribution >= 4 is 65.3 Å². The van der Waals surface area contributed by atoms with Crippen LogP contribution in [-0.4, -0.2) is 65.3 Å². The molecule has 0 fully saturated rings. The van der Waals surface area contributed by atoms with Gasteiger partial charge in [0.25, 0.3) is 0 Å². The van der Waals surface area contributed by atoms with Gasteiger partial charge in [-0.1, -0.05) is 0 Å². The van der Waals surface area contributed by atoms with Crippen molar-refractivity contribution in [2.45, 2.75) is 12.4 Å². The van der Waals surface area contributed by atoms with Crippen LogP contribution in [-0.2, 0) is 0 Å². The topological polar surface area (TPSA) is 0 Å². The highest BCUT2D eigenvalue weighted by Crippen LogP contribution is 1.71. The maximum Gasteiger partial charge on any atom is 0.0533 e. The summed E-state index contributed by atoms with van der Waals surface area (Å²) in [6.07, 6.45) is 1.50. The third-order valence-corrected chi connectivity index (χ3v) is 1.04. The minimum Gasteiger partial charge on any atom is -0.122 e. The second-order valence-electron chi connectivity index (χ2n) is 1.95. The minimum atomic E-state index is 0.594. The smallest absolute Gasteiger partial charge is 0.0533 e. The summed E-state index contributed by atoms with van der Waals surface area (Å²) >= 11 is 0. The van der Waals surface area contributed by atoms with Crippen molar-refractivity contribution in [3.05, 3.63) is 0 Å². The summed E-state index contributed by atoms with van der Waals surface area (Å²) in [5.74, 6) is 0. The highest BCUT2D eigenvalue weighted by molar-refractivity contribution is 7.47. The van der Waals surface area contributed by atoms with Crippen LogP contribution in [0, 0.1) is 0 Å². The Morgan fingerprint density at radius 1 is 0.909 bits per heavy atom. The van der Waals surface area contributed by atoms with Gasteiger partial charge in [-0.3, -0.25) is 0 Å². The molecule has 9 heteroatoms. The van der Waals surface area contributed by atoms with E-state index in [4.69, 9.17) is 15.6 Å². The molecule has 0 nitrogen and oxygen atoms in total. The van der Waals surface area contributed by atoms with E-state index in [2.05, 4.69) is 0 Å². The Balaban J connectivity index is 2.69. The lowest BCUT2D eigenvalue weighted by Gasteiger charge is -1.94. The Labute approximate surface area is 78.2 Å². The van der Waals surface area contributed by atoms with Gasteiger partial charge in [0.05, 0.1) is 7.85 Å². The van der Waals surface area contributed by atoms with E-state index in [1.54, 1.807) is 0 Å². The molecule has 11 radical (unpaired) electrons. The zero-order valence-corrected chi connectivity index (χ0v) is 6.61. The Morgan fingerprint density at radius 3 is 2.18 bits per heavy atom. The van der Waals surface area contributed by atoms with Crippen LogP contribution in [0.1, 0.15) is 0 Å². The van der Waals surface area contributed by atoms with Crippen LogP contribution < -0.4 is 0 Å². The third kappa shape index (κ3) is 10.6. The molecule has 0 amide bonds. The van der Waals surface area contributed by atoms with Crippen molar-refractivity contribution in [1.29, 1.82) is 0 Å². The Hall–Kier alpha value is 0.584. The molecule has 0 spiro atoms. The molecule has 0 aliphatic rings. The molecule has 0 heterocycles. The van der Waals surface area contributed by atoms with Crippen molar-refractivity contribution in [1.82, 2.24) is 0 Å². The zero-order chi connectivity index (χ0) is 8.36. The highest BCUT2D eigenvalue weighted by Gasteiger charge is 1.94. The van der Waals surface area contributed by atoms with Crippen molar-refractivity contribution in [3.8, 4) is 0 Å². The van der Waals surface area contributed by atoms with Crippen LogP contribution in [0.15, 0.2) is 0 Å². The molecule has 0 aliphatic heterocycles. The average molecular weight is 125 g/mol. The van der Waals surface area contributed by atoms with E-state index in [9.17, 15) is 0 Å². The van der Waals surface area contributed by atoms with Gasteiger partial charge in [-0.2, -0.15) is 0 Å². The Bertz CT molecular complexity index is 56.6. The van der Waals surface area contributed by atoms with Crippen molar-refractivity contribution < 1.29 is 0 Å². The lowest BCUT2D eigenvalue weighted by atomic mass is 9.03. The van der Waals surface area contributed by atoms with Gasteiger partial charge in [-0.15, -0.1) is 12.4 Å². The van der Waals surface area contributed by atoms with Crippen LogP contribution in [0.3, 0.4) is 0 Å². The second-order valence-corrected chi connectivity index (χ2v) is 1.95. The van der Waals surface area contributed by atoms with E-state index in [1.165, 1.54) is 7.06 Å². The van der Waals surface area contributed by atoms with Gasteiger partial charge in [0.15, 0.2) is 0 Å². The molecular formula is C2H4B9. The lowest BCUT2D eigenvalue weighted by molar-refractivity contribution is 2.10. The molecule has 0 aromatic heterocycles. The lowest BCUT2D eigenvalue weighted by Crippen LogP contribution is -2.22. The van der Waals surface area contributed by atoms with Crippen molar-refractivity contribution in [2.24, 2.45) is 0 Å². The summed E-state index contributed by atoms with van der Waals surface area (Å²) in [6, 6.07) is 0. The quantitative estimate of drug-likeness (QED) is 0.248. The molecule has 0 bridgehead atoms. The van der Waals surface area contributed by atoms with Crippen LogP contribution in [0.2, 0.25) is 12.4 Å². The molecule has 0 saturated carbocycles. The summed E-state index contributed by atoms with van der Waals surface area (Å²) < 4.78 is 0. The number of rotatable bonds is 8. The van der Waals surface area contributed by atoms with Crippen LogP contribution in [0.25, 0.3) is 0 Å². The van der Waals surface area contributed by atoms with E-state index in [-0.39, 0.29) is 0 Å². The van der Waals surface area contributed by atoms with E-state index in [0.717, 1.165) is 6.22 Å². The predicted molar refractivity (Wildman–Crippen MR) is 61.4 cm³/mol. The first-order chi connectivity index (χ1) is 5.41. The highest BCUT2D eigenvalue weighted by atomic mass is 13.2. The van der Waals surface area contributed by atoms with Crippen LogP contribution in [0.4, 0.5) is 0 Å². The summed E-state index contributed by atoms with van der Waals surface area (Å²) in [5.41, 5.74) is 0. The fraction of sp³-hybridized carbons (Fsp3) is 1.00. The van der Waals surface area contributed by atoms with Gasteiger partial charge in [-0.25, -0.2) is 0 Å². The van der Waals surface area contributed by atoms with Gasteiger partial charge < -0.3 is 0 Å². The maximum atomic E-state index is 5.23. The zero-order valence-electron chi connectivity index (χ0n) is 6.61. The van der Waals surface area contributed by atoms with Crippen LogP contribution in [0.5, 0.6) is 0 Å². The molecule has 0 aromatic rings. The normalized spacial score (nSPS) is 7.64. The molecule has 0 saturated heterocycles. The average Bonchev–Trinajstić information content (AvgIpc) is 2.03. The summed E-state index contributed by atoms with van der Waals surface area (Å²) in [4.78, 5) is 0. The van der Waals surface area contributed by atoms with Gasteiger partial charge in [0.2, 0.25) is 0 Å². The molecule has 39 valence electrons. The summed E-state index contributed by atoms with van der Waals surface area (Å²) in [7, 11) is 23.5. The molecule has 0 atom stereocenters. The third-order valence-electron chi connectivity index (χ3n) is 1.04. The number of hydrogen-bond donors (Lipinski definition) is 0. The fourth-order valence-electron chi connectivity index (χ4n) is 0.550. The predicted octanol–water partition coefficient (Wildman–Crippen LogP) is -2.51. The van der Waals surface area contributed by atoms with Gasteiger partial charge in [0, 0.05) is 57.5 Å². The molecule has 11 heavy (non-hydrogen) atoms. The molecule has 0 unspecified atom stereocenters.